The number of rotatable bonds is 6. The Morgan fingerprint density at radius 2 is 2.17 bits per heavy atom. The summed E-state index contributed by atoms with van der Waals surface area (Å²) in [7, 11) is 0. The molecule has 0 radical (unpaired) electrons. The Morgan fingerprint density at radius 3 is 2.90 bits per heavy atom. The molecule has 0 amide bonds. The first kappa shape index (κ1) is 18.8. The van der Waals surface area contributed by atoms with Crippen molar-refractivity contribution in [3.05, 3.63) is 39.1 Å². The summed E-state index contributed by atoms with van der Waals surface area (Å²) >= 11 is 0. The van der Waals surface area contributed by atoms with Crippen molar-refractivity contribution in [3.63, 3.8) is 0 Å². The lowest BCUT2D eigenvalue weighted by Gasteiger charge is -2.26. The zero-order chi connectivity index (χ0) is 20.5. The quantitative estimate of drug-likeness (QED) is 0.400. The van der Waals surface area contributed by atoms with Gasteiger partial charge in [0.15, 0.2) is 11.1 Å². The monoisotopic (exact) mass is 412 g/mol. The Kier molecular flexibility index (Phi) is 4.97. The molecule has 30 heavy (non-hydrogen) atoms. The van der Waals surface area contributed by atoms with Gasteiger partial charge in [-0.25, -0.2) is 9.78 Å². The van der Waals surface area contributed by atoms with Crippen molar-refractivity contribution in [2.75, 3.05) is 44.7 Å². The largest absolute Gasteiger partial charge is 0.493 e. The summed E-state index contributed by atoms with van der Waals surface area (Å²) in [5, 5.41) is 18.4. The Bertz CT molecular complexity index is 1220. The number of aromatic amines is 2. The molecule has 1 saturated heterocycles. The highest BCUT2D eigenvalue weighted by molar-refractivity contribution is 5.57. The lowest BCUT2D eigenvalue weighted by Crippen LogP contribution is -2.39. The van der Waals surface area contributed by atoms with Crippen LogP contribution in [0, 0.1) is 0 Å². The number of morpholine rings is 1. The summed E-state index contributed by atoms with van der Waals surface area (Å²) in [5.41, 5.74) is 1.15. The zero-order valence-electron chi connectivity index (χ0n) is 16.5. The first-order chi connectivity index (χ1) is 14.7. The fourth-order valence-electron chi connectivity index (χ4n) is 3.45. The summed E-state index contributed by atoms with van der Waals surface area (Å²) in [6.07, 6.45) is 5.46. The minimum absolute atomic E-state index is 0.220. The van der Waals surface area contributed by atoms with E-state index in [1.165, 1.54) is 0 Å². The van der Waals surface area contributed by atoms with Crippen molar-refractivity contribution in [2.45, 2.75) is 18.9 Å². The molecule has 158 valence electrons. The minimum atomic E-state index is -0.474. The highest BCUT2D eigenvalue weighted by atomic mass is 16.5. The lowest BCUT2D eigenvalue weighted by atomic mass is 10.3. The van der Waals surface area contributed by atoms with E-state index >= 15 is 0 Å². The molecule has 0 unspecified atom stereocenters. The highest BCUT2D eigenvalue weighted by Gasteiger charge is 2.20. The highest BCUT2D eigenvalue weighted by Crippen LogP contribution is 2.22. The molecule has 4 N–H and O–H groups in total. The number of fused-ring (bicyclic) bond motifs is 1. The number of hydrogen-bond donors (Lipinski definition) is 4. The van der Waals surface area contributed by atoms with Crippen LogP contribution in [0.25, 0.3) is 11.7 Å². The third kappa shape index (κ3) is 4.07. The first-order valence-corrected chi connectivity index (χ1v) is 10.2. The molecule has 3 aromatic heterocycles. The van der Waals surface area contributed by atoms with Gasteiger partial charge in [0.25, 0.3) is 0 Å². The predicted octanol–water partition coefficient (Wildman–Crippen LogP) is -1.19. The van der Waals surface area contributed by atoms with Crippen LogP contribution in [0.2, 0.25) is 0 Å². The number of aromatic hydroxyl groups is 1. The molecule has 1 aliphatic heterocycles. The van der Waals surface area contributed by atoms with Gasteiger partial charge in [-0.3, -0.25) is 14.9 Å². The van der Waals surface area contributed by atoms with E-state index in [0.717, 1.165) is 63.5 Å². The van der Waals surface area contributed by atoms with E-state index < -0.39 is 5.69 Å². The maximum Gasteiger partial charge on any atom is 0.326 e. The second kappa shape index (κ2) is 7.92. The third-order valence-electron chi connectivity index (χ3n) is 5.21. The van der Waals surface area contributed by atoms with Gasteiger partial charge in [-0.15, -0.1) is 0 Å². The molecule has 4 heterocycles. The van der Waals surface area contributed by atoms with Crippen LogP contribution in [-0.2, 0) is 4.74 Å². The first-order valence-electron chi connectivity index (χ1n) is 10.2. The summed E-state index contributed by atoms with van der Waals surface area (Å²) in [4.78, 5) is 28.1. The summed E-state index contributed by atoms with van der Waals surface area (Å²) in [6.45, 7) is 5.09. The Balaban J connectivity index is 1.48. The van der Waals surface area contributed by atoms with E-state index in [0.29, 0.717) is 16.9 Å². The minimum Gasteiger partial charge on any atom is -0.493 e. The Hall–Kier alpha value is -3.18. The van der Waals surface area contributed by atoms with E-state index in [-0.39, 0.29) is 11.6 Å². The van der Waals surface area contributed by atoms with Crippen LogP contribution >= 0.6 is 0 Å². The molecule has 5 rings (SSSR count). The summed E-state index contributed by atoms with van der Waals surface area (Å²) < 4.78 is 7.09. The van der Waals surface area contributed by atoms with Crippen LogP contribution < -0.4 is 21.7 Å². The van der Waals surface area contributed by atoms with Gasteiger partial charge in [0.1, 0.15) is 11.5 Å². The van der Waals surface area contributed by atoms with Crippen LogP contribution in [0.4, 0.5) is 5.82 Å². The number of imidazole rings is 1. The molecule has 3 aromatic rings. The zero-order valence-corrected chi connectivity index (χ0v) is 16.5. The number of nitrogens with one attached hydrogen (secondary N) is 3. The topological polar surface area (TPSA) is 136 Å². The average Bonchev–Trinajstić information content (AvgIpc) is 3.37. The molecule has 11 heteroatoms. The maximum atomic E-state index is 11.4. The van der Waals surface area contributed by atoms with Crippen molar-refractivity contribution in [1.29, 1.82) is 0 Å². The molecule has 1 saturated carbocycles. The smallest absolute Gasteiger partial charge is 0.326 e. The molecule has 1 aliphatic carbocycles. The maximum absolute atomic E-state index is 11.4. The molecule has 0 aromatic carbocycles. The summed E-state index contributed by atoms with van der Waals surface area (Å²) in [6, 6.07) is 2.25. The number of ether oxygens (including phenoxy) is 1. The standard InChI is InChI=1S/C19H24N8O3/c28-18-14(23-19(29)25-18)9-12-11-21-27-16(22-13-1-2-13)10-15(24-17(12)27)20-3-4-26-5-7-30-8-6-26/h9-11,13,20,28H,1-8H2,(H2,23,25,29). The fraction of sp³-hybridized carbons (Fsp3) is 0.474. The number of anilines is 1. The van der Waals surface area contributed by atoms with Gasteiger partial charge in [0.05, 0.1) is 25.5 Å². The van der Waals surface area contributed by atoms with Gasteiger partial charge in [-0.2, -0.15) is 9.61 Å². The lowest BCUT2D eigenvalue weighted by molar-refractivity contribution is 0.0398. The normalized spacial score (nSPS) is 19.1. The number of H-pyrrole nitrogens is 2. The van der Waals surface area contributed by atoms with Crippen LogP contribution in [0.15, 0.2) is 22.1 Å². The van der Waals surface area contributed by atoms with Crippen LogP contribution in [0.1, 0.15) is 18.5 Å². The molecule has 11 nitrogen and oxygen atoms in total. The second-order valence-corrected chi connectivity index (χ2v) is 7.56. The van der Waals surface area contributed by atoms with E-state index in [1.807, 2.05) is 6.07 Å². The predicted molar refractivity (Wildman–Crippen MR) is 109 cm³/mol. The Morgan fingerprint density at radius 1 is 1.33 bits per heavy atom. The molecule has 0 spiro atoms. The van der Waals surface area contributed by atoms with Crippen molar-refractivity contribution in [3.8, 4) is 5.88 Å². The molecular weight excluding hydrogens is 388 g/mol. The van der Waals surface area contributed by atoms with Crippen molar-refractivity contribution in [2.24, 2.45) is 4.99 Å². The van der Waals surface area contributed by atoms with Gasteiger partial charge in [0.2, 0.25) is 5.88 Å². The molecular formula is C19H24N8O3. The SMILES string of the molecule is O=c1[nH]c(O)c(C=c2cnn3c(=NC4CC4)cc(NCCN4CCOCC4)nc23)[nH]1. The van der Waals surface area contributed by atoms with Gasteiger partial charge in [-0.05, 0) is 18.9 Å². The molecule has 0 atom stereocenters. The molecule has 2 fully saturated rings. The van der Waals surface area contributed by atoms with Crippen LogP contribution in [0.3, 0.4) is 0 Å². The number of nitrogens with zero attached hydrogens (tertiary/aromatic N) is 5. The van der Waals surface area contributed by atoms with Crippen LogP contribution in [-0.4, -0.2) is 80.0 Å². The van der Waals surface area contributed by atoms with Crippen molar-refractivity contribution in [1.82, 2.24) is 29.5 Å². The van der Waals surface area contributed by atoms with E-state index in [4.69, 9.17) is 14.7 Å². The van der Waals surface area contributed by atoms with E-state index in [2.05, 4.69) is 25.3 Å². The number of aromatic nitrogens is 5. The molecule has 0 bridgehead atoms. The van der Waals surface area contributed by atoms with Gasteiger partial charge in [0, 0.05) is 37.5 Å². The van der Waals surface area contributed by atoms with Gasteiger partial charge < -0.3 is 20.1 Å². The fourth-order valence-corrected chi connectivity index (χ4v) is 3.45. The van der Waals surface area contributed by atoms with Crippen molar-refractivity contribution < 1.29 is 9.84 Å². The summed E-state index contributed by atoms with van der Waals surface area (Å²) in [5.74, 6) is 0.499. The Labute approximate surface area is 171 Å². The van der Waals surface area contributed by atoms with Crippen molar-refractivity contribution >= 4 is 17.5 Å². The molecule has 2 aliphatic rings. The van der Waals surface area contributed by atoms with Gasteiger partial charge in [-0.1, -0.05) is 0 Å². The second-order valence-electron chi connectivity index (χ2n) is 7.56. The number of hydrogen-bond acceptors (Lipinski definition) is 8. The van der Waals surface area contributed by atoms with E-state index in [1.54, 1.807) is 16.8 Å². The van der Waals surface area contributed by atoms with Crippen LogP contribution in [0.5, 0.6) is 5.88 Å². The van der Waals surface area contributed by atoms with Gasteiger partial charge >= 0.3 is 5.69 Å². The third-order valence-corrected chi connectivity index (χ3v) is 5.21. The average molecular weight is 412 g/mol. The van der Waals surface area contributed by atoms with E-state index in [9.17, 15) is 9.90 Å².